The Kier molecular flexibility index (Phi) is 8.11. The Bertz CT molecular complexity index is 2660. The van der Waals surface area contributed by atoms with Gasteiger partial charge in [-0.05, 0) is 122 Å². The highest BCUT2D eigenvalue weighted by Crippen LogP contribution is 2.56. The minimum absolute atomic E-state index is 0.530. The predicted octanol–water partition coefficient (Wildman–Crippen LogP) is 9.65. The summed E-state index contributed by atoms with van der Waals surface area (Å²) in [7, 11) is 1.86. The average Bonchev–Trinajstić information content (AvgIpc) is 3.51. The Morgan fingerprint density at radius 3 is 1.40 bits per heavy atom. The lowest BCUT2D eigenvalue weighted by Crippen LogP contribution is -2.54. The molecule has 5 heteroatoms. The van der Waals surface area contributed by atoms with Crippen molar-refractivity contribution < 1.29 is 19.1 Å². The van der Waals surface area contributed by atoms with Crippen molar-refractivity contribution in [2.24, 2.45) is 5.92 Å². The van der Waals surface area contributed by atoms with Crippen LogP contribution >= 0.6 is 0 Å². The zero-order chi connectivity index (χ0) is 37.4. The fraction of sp³-hybridized carbons (Fsp3) is 0.240. The van der Waals surface area contributed by atoms with Crippen molar-refractivity contribution in [3.63, 3.8) is 0 Å². The van der Waals surface area contributed by atoms with Gasteiger partial charge in [-0.25, -0.2) is 0 Å². The first kappa shape index (κ1) is 34.4. The number of ether oxygens (including phenoxy) is 2. The van der Waals surface area contributed by atoms with Crippen LogP contribution < -0.4 is 10.4 Å². The van der Waals surface area contributed by atoms with Crippen molar-refractivity contribution in [2.45, 2.75) is 62.8 Å². The molecule has 7 aromatic carbocycles. The molecule has 55 heavy (non-hydrogen) atoms. The van der Waals surface area contributed by atoms with Crippen molar-refractivity contribution in [1.29, 1.82) is 0 Å². The standard InChI is InChI=1S/C50H45NO4/c1-5-33-18-19-41-32-45(27-23-40(41)28-33)50(44-26-22-36-14-8-11-17-39(36)31-44)47-46(52-48(2,3)53-47)49(54-51(4)55-50,42-24-20-34-12-6-9-15-37(34)29-42)43-25-21-35-13-7-10-16-38(35)30-43/h6-17,19-33,46-47H,5,18H2,1-4H3/t33?,46-,47-,50?/m1/s1. The first-order valence-electron chi connectivity index (χ1n) is 19.5. The summed E-state index contributed by atoms with van der Waals surface area (Å²) in [6, 6.07) is 51.9. The second-order valence-electron chi connectivity index (χ2n) is 15.9. The molecule has 10 rings (SSSR count). The van der Waals surface area contributed by atoms with E-state index in [1.807, 2.05) is 20.9 Å². The molecule has 2 aliphatic heterocycles. The molecule has 274 valence electrons. The third-order valence-corrected chi connectivity index (χ3v) is 12.1. The normalized spacial score (nSPS) is 24.5. The summed E-state index contributed by atoms with van der Waals surface area (Å²) in [5.41, 5.74) is 1.42. The van der Waals surface area contributed by atoms with Crippen LogP contribution in [0.15, 0.2) is 146 Å². The number of nitrogens with zero attached hydrogens (tertiary/aromatic N) is 1. The van der Waals surface area contributed by atoms with Gasteiger partial charge in [-0.2, -0.15) is 0 Å². The molecule has 0 aromatic heterocycles. The maximum atomic E-state index is 7.42. The van der Waals surface area contributed by atoms with Gasteiger partial charge >= 0.3 is 0 Å². The Hall–Kier alpha value is -5.14. The van der Waals surface area contributed by atoms with Gasteiger partial charge in [0.1, 0.15) is 12.2 Å². The third kappa shape index (κ3) is 5.56. The summed E-state index contributed by atoms with van der Waals surface area (Å²) >= 11 is 0. The van der Waals surface area contributed by atoms with Gasteiger partial charge < -0.3 is 9.47 Å². The first-order chi connectivity index (χ1) is 26.8. The number of hydroxylamine groups is 2. The van der Waals surface area contributed by atoms with E-state index in [1.165, 1.54) is 10.4 Å². The van der Waals surface area contributed by atoms with Gasteiger partial charge in [-0.1, -0.05) is 146 Å². The van der Waals surface area contributed by atoms with Crippen LogP contribution in [0.5, 0.6) is 0 Å². The van der Waals surface area contributed by atoms with Crippen molar-refractivity contribution in [3.05, 3.63) is 178 Å². The van der Waals surface area contributed by atoms with Crippen molar-refractivity contribution in [2.75, 3.05) is 7.05 Å². The number of benzene rings is 7. The molecule has 2 saturated heterocycles. The molecule has 0 amide bonds. The van der Waals surface area contributed by atoms with Crippen molar-refractivity contribution in [3.8, 4) is 0 Å². The fourth-order valence-electron chi connectivity index (χ4n) is 9.36. The van der Waals surface area contributed by atoms with Gasteiger partial charge in [0.15, 0.2) is 17.0 Å². The predicted molar refractivity (Wildman–Crippen MR) is 220 cm³/mol. The van der Waals surface area contributed by atoms with E-state index in [0.29, 0.717) is 5.92 Å². The highest BCUT2D eigenvalue weighted by Gasteiger charge is 2.66. The fourth-order valence-corrected chi connectivity index (χ4v) is 9.36. The zero-order valence-corrected chi connectivity index (χ0v) is 31.7. The van der Waals surface area contributed by atoms with Gasteiger partial charge in [0.25, 0.3) is 0 Å². The summed E-state index contributed by atoms with van der Waals surface area (Å²) in [6.07, 6.45) is 5.54. The molecular weight excluding hydrogens is 679 g/mol. The van der Waals surface area contributed by atoms with Crippen LogP contribution in [0.2, 0.25) is 0 Å². The number of hydrogen-bond acceptors (Lipinski definition) is 5. The van der Waals surface area contributed by atoms with Crippen LogP contribution in [0.4, 0.5) is 0 Å². The number of hydrogen-bond donors (Lipinski definition) is 0. The lowest BCUT2D eigenvalue weighted by Gasteiger charge is -2.41. The lowest BCUT2D eigenvalue weighted by atomic mass is 9.71. The molecule has 0 bridgehead atoms. The second-order valence-corrected chi connectivity index (χ2v) is 15.9. The SMILES string of the molecule is CCC1C=c2ccc(C3(c4ccc5ccccc5c4)ON(C)OC(c4ccc5ccccc5c4)(c4ccc5ccccc5c4)[C@@H]4OC(C)(C)O[C@H]43)cc2=CC1. The van der Waals surface area contributed by atoms with Crippen LogP contribution in [0.25, 0.3) is 44.5 Å². The van der Waals surface area contributed by atoms with Crippen LogP contribution in [0.1, 0.15) is 55.9 Å². The molecule has 1 aliphatic carbocycles. The van der Waals surface area contributed by atoms with Gasteiger partial charge in [-0.3, -0.25) is 9.68 Å². The highest BCUT2D eigenvalue weighted by atomic mass is 17.0. The van der Waals surface area contributed by atoms with E-state index in [2.05, 4.69) is 165 Å². The van der Waals surface area contributed by atoms with E-state index in [0.717, 1.165) is 67.4 Å². The quantitative estimate of drug-likeness (QED) is 0.177. The number of fused-ring (bicyclic) bond motifs is 5. The summed E-state index contributed by atoms with van der Waals surface area (Å²) < 4.78 is 14.6. The second kappa shape index (κ2) is 13.0. The Labute approximate surface area is 321 Å². The smallest absolute Gasteiger partial charge is 0.171 e. The monoisotopic (exact) mass is 723 g/mol. The molecule has 0 saturated carbocycles. The summed E-state index contributed by atoms with van der Waals surface area (Å²) in [4.78, 5) is 14.8. The zero-order valence-electron chi connectivity index (χ0n) is 31.7. The van der Waals surface area contributed by atoms with E-state index in [1.54, 1.807) is 5.23 Å². The molecule has 2 heterocycles. The first-order valence-corrected chi connectivity index (χ1v) is 19.5. The van der Waals surface area contributed by atoms with Crippen molar-refractivity contribution in [1.82, 2.24) is 5.23 Å². The average molecular weight is 724 g/mol. The molecule has 7 aromatic rings. The van der Waals surface area contributed by atoms with E-state index >= 15 is 0 Å². The van der Waals surface area contributed by atoms with Crippen LogP contribution in [0.3, 0.4) is 0 Å². The molecular formula is C50H45NO4. The Balaban J connectivity index is 1.29. The maximum Gasteiger partial charge on any atom is 0.171 e. The third-order valence-electron chi connectivity index (χ3n) is 12.1. The van der Waals surface area contributed by atoms with Crippen molar-refractivity contribution >= 4 is 44.5 Å². The molecule has 2 unspecified atom stereocenters. The Morgan fingerprint density at radius 2 is 0.945 bits per heavy atom. The summed E-state index contributed by atoms with van der Waals surface area (Å²) in [5.74, 6) is -0.454. The Morgan fingerprint density at radius 1 is 0.527 bits per heavy atom. The minimum atomic E-state index is -1.21. The molecule has 2 fully saturated rings. The van der Waals surface area contributed by atoms with Gasteiger partial charge in [0, 0.05) is 7.05 Å². The van der Waals surface area contributed by atoms with E-state index < -0.39 is 29.2 Å². The van der Waals surface area contributed by atoms with Gasteiger partial charge in [-0.15, -0.1) is 0 Å². The van der Waals surface area contributed by atoms with E-state index in [4.69, 9.17) is 19.1 Å². The maximum absolute atomic E-state index is 7.42. The summed E-state index contributed by atoms with van der Waals surface area (Å²) in [6.45, 7) is 6.26. The summed E-state index contributed by atoms with van der Waals surface area (Å²) in [5, 5.41) is 10.8. The molecule has 3 aliphatic rings. The van der Waals surface area contributed by atoms with Gasteiger partial charge in [0.05, 0.1) is 0 Å². The molecule has 0 radical (unpaired) electrons. The molecule has 0 N–H and O–H groups in total. The van der Waals surface area contributed by atoms with Gasteiger partial charge in [0.2, 0.25) is 0 Å². The molecule has 0 spiro atoms. The largest absolute Gasteiger partial charge is 0.341 e. The van der Waals surface area contributed by atoms with Crippen LogP contribution in [-0.2, 0) is 30.4 Å². The number of rotatable bonds is 5. The van der Waals surface area contributed by atoms with Crippen LogP contribution in [-0.4, -0.2) is 30.3 Å². The minimum Gasteiger partial charge on any atom is -0.341 e. The molecule has 5 nitrogen and oxygen atoms in total. The topological polar surface area (TPSA) is 40.2 Å². The lowest BCUT2D eigenvalue weighted by molar-refractivity contribution is -0.423. The van der Waals surface area contributed by atoms with Crippen LogP contribution in [0, 0.1) is 5.92 Å². The van der Waals surface area contributed by atoms with E-state index in [9.17, 15) is 0 Å². The molecule has 4 atom stereocenters. The highest BCUT2D eigenvalue weighted by molar-refractivity contribution is 5.86. The van der Waals surface area contributed by atoms with E-state index in [-0.39, 0.29) is 0 Å².